The molecule has 1 aromatic carbocycles. The van der Waals surface area contributed by atoms with Crippen LogP contribution in [0.15, 0.2) is 18.2 Å². The zero-order chi connectivity index (χ0) is 10.1. The van der Waals surface area contributed by atoms with Crippen molar-refractivity contribution in [1.82, 2.24) is 0 Å². The standard InChI is InChI=1S/C12H18N.Li/c1-12(2,3)10-7-6-8-11(9-10)13(4)5;/h6-7,9H,1-5H3;/q-1;+1. The van der Waals surface area contributed by atoms with E-state index >= 15 is 0 Å². The van der Waals surface area contributed by atoms with Crippen molar-refractivity contribution in [2.45, 2.75) is 26.2 Å². The number of nitrogens with zero attached hydrogens (tertiary/aromatic N) is 1. The molecule has 0 radical (unpaired) electrons. The molecule has 0 amide bonds. The fourth-order valence-corrected chi connectivity index (χ4v) is 1.18. The molecule has 0 aliphatic heterocycles. The Morgan fingerprint density at radius 3 is 2.21 bits per heavy atom. The fourth-order valence-electron chi connectivity index (χ4n) is 1.18. The summed E-state index contributed by atoms with van der Waals surface area (Å²) in [5, 5.41) is 0. The van der Waals surface area contributed by atoms with Gasteiger partial charge in [0, 0.05) is 14.1 Å². The summed E-state index contributed by atoms with van der Waals surface area (Å²) in [6.45, 7) is 6.67. The minimum absolute atomic E-state index is 0. The zero-order valence-corrected chi connectivity index (χ0v) is 10.2. The average Bonchev–Trinajstić information content (AvgIpc) is 2.03. The normalized spacial score (nSPS) is 10.6. The van der Waals surface area contributed by atoms with Gasteiger partial charge in [-0.2, -0.15) is 23.8 Å². The monoisotopic (exact) mass is 183 g/mol. The van der Waals surface area contributed by atoms with Crippen LogP contribution in [-0.4, -0.2) is 14.1 Å². The summed E-state index contributed by atoms with van der Waals surface area (Å²) in [4.78, 5) is 2.08. The minimum atomic E-state index is 0. The second-order valence-electron chi connectivity index (χ2n) is 4.61. The van der Waals surface area contributed by atoms with Gasteiger partial charge in [0.15, 0.2) is 0 Å². The van der Waals surface area contributed by atoms with Gasteiger partial charge in [-0.25, -0.2) is 0 Å². The van der Waals surface area contributed by atoms with Crippen LogP contribution in [0.25, 0.3) is 0 Å². The van der Waals surface area contributed by atoms with Crippen LogP contribution in [0.2, 0.25) is 0 Å². The first kappa shape index (κ1) is 13.6. The molecule has 0 spiro atoms. The summed E-state index contributed by atoms with van der Waals surface area (Å²) in [5.41, 5.74) is 2.72. The smallest absolute Gasteiger partial charge is 0.400 e. The van der Waals surface area contributed by atoms with E-state index in [9.17, 15) is 0 Å². The fraction of sp³-hybridized carbons (Fsp3) is 0.500. The van der Waals surface area contributed by atoms with Gasteiger partial charge in [-0.3, -0.25) is 0 Å². The summed E-state index contributed by atoms with van der Waals surface area (Å²) in [7, 11) is 4.08. The van der Waals surface area contributed by atoms with E-state index in [1.165, 1.54) is 5.56 Å². The first-order valence-corrected chi connectivity index (χ1v) is 4.61. The van der Waals surface area contributed by atoms with Crippen molar-refractivity contribution in [2.24, 2.45) is 0 Å². The molecule has 0 fully saturated rings. The largest absolute Gasteiger partial charge is 1.00 e. The minimum Gasteiger partial charge on any atom is -0.400 e. The maximum absolute atomic E-state index is 3.21. The van der Waals surface area contributed by atoms with E-state index in [-0.39, 0.29) is 24.3 Å². The van der Waals surface area contributed by atoms with Gasteiger partial charge >= 0.3 is 18.9 Å². The van der Waals surface area contributed by atoms with E-state index in [1.54, 1.807) is 0 Å². The number of hydrogen-bond acceptors (Lipinski definition) is 1. The zero-order valence-electron chi connectivity index (χ0n) is 10.2. The molecule has 0 N–H and O–H groups in total. The number of hydrogen-bond donors (Lipinski definition) is 0. The van der Waals surface area contributed by atoms with Gasteiger partial charge in [-0.1, -0.05) is 26.5 Å². The number of benzene rings is 1. The molecule has 1 aromatic rings. The predicted molar refractivity (Wildman–Crippen MR) is 58.3 cm³/mol. The van der Waals surface area contributed by atoms with E-state index in [4.69, 9.17) is 0 Å². The van der Waals surface area contributed by atoms with Crippen molar-refractivity contribution < 1.29 is 18.9 Å². The van der Waals surface area contributed by atoms with Crippen molar-refractivity contribution in [3.8, 4) is 0 Å². The third-order valence-electron chi connectivity index (χ3n) is 2.13. The maximum Gasteiger partial charge on any atom is 1.00 e. The predicted octanol–water partition coefficient (Wildman–Crippen LogP) is -0.146. The second-order valence-corrected chi connectivity index (χ2v) is 4.61. The van der Waals surface area contributed by atoms with Crippen molar-refractivity contribution in [3.05, 3.63) is 29.8 Å². The second kappa shape index (κ2) is 4.91. The summed E-state index contributed by atoms with van der Waals surface area (Å²) in [6, 6.07) is 9.53. The molecule has 0 aliphatic carbocycles. The Hall–Kier alpha value is -0.383. The molecule has 2 heteroatoms. The van der Waals surface area contributed by atoms with Gasteiger partial charge < -0.3 is 4.90 Å². The molecule has 1 rings (SSSR count). The van der Waals surface area contributed by atoms with Gasteiger partial charge in [0.05, 0.1) is 0 Å². The molecule has 1 nitrogen and oxygen atoms in total. The molecular weight excluding hydrogens is 165 g/mol. The molecule has 14 heavy (non-hydrogen) atoms. The molecule has 0 saturated heterocycles. The third-order valence-corrected chi connectivity index (χ3v) is 2.13. The van der Waals surface area contributed by atoms with E-state index in [0.717, 1.165) is 5.69 Å². The summed E-state index contributed by atoms with van der Waals surface area (Å²) in [5.74, 6) is 0. The van der Waals surface area contributed by atoms with E-state index in [2.05, 4.69) is 43.9 Å². The third kappa shape index (κ3) is 3.40. The average molecular weight is 183 g/mol. The number of anilines is 1. The molecule has 0 saturated carbocycles. The van der Waals surface area contributed by atoms with Gasteiger partial charge in [0.25, 0.3) is 0 Å². The van der Waals surface area contributed by atoms with Gasteiger partial charge in [0.2, 0.25) is 0 Å². The molecule has 0 aromatic heterocycles. The van der Waals surface area contributed by atoms with Crippen LogP contribution in [0.1, 0.15) is 26.3 Å². The molecule has 0 atom stereocenters. The van der Waals surface area contributed by atoms with E-state index in [0.29, 0.717) is 0 Å². The van der Waals surface area contributed by atoms with Crippen LogP contribution >= 0.6 is 0 Å². The van der Waals surface area contributed by atoms with Gasteiger partial charge in [0.1, 0.15) is 0 Å². The van der Waals surface area contributed by atoms with Gasteiger partial charge in [-0.05, 0) is 5.41 Å². The first-order valence-electron chi connectivity index (χ1n) is 4.61. The van der Waals surface area contributed by atoms with Crippen molar-refractivity contribution in [2.75, 3.05) is 19.0 Å². The maximum atomic E-state index is 3.21. The topological polar surface area (TPSA) is 3.24 Å². The Balaban J connectivity index is 0.00000169. The molecule has 72 valence electrons. The van der Waals surface area contributed by atoms with Crippen molar-refractivity contribution in [3.63, 3.8) is 0 Å². The Morgan fingerprint density at radius 2 is 1.79 bits per heavy atom. The Morgan fingerprint density at radius 1 is 1.21 bits per heavy atom. The van der Waals surface area contributed by atoms with Gasteiger partial charge in [-0.15, -0.1) is 6.07 Å². The molecule has 0 aliphatic rings. The van der Waals surface area contributed by atoms with Crippen molar-refractivity contribution in [1.29, 1.82) is 0 Å². The molecular formula is C12H18LiN. The first-order chi connectivity index (χ1) is 5.91. The van der Waals surface area contributed by atoms with Crippen LogP contribution in [0.4, 0.5) is 5.69 Å². The van der Waals surface area contributed by atoms with Crippen LogP contribution in [0, 0.1) is 6.07 Å². The molecule has 0 bridgehead atoms. The summed E-state index contributed by atoms with van der Waals surface area (Å²) < 4.78 is 0. The Kier molecular flexibility index (Phi) is 4.78. The van der Waals surface area contributed by atoms with Crippen LogP contribution < -0.4 is 23.8 Å². The van der Waals surface area contributed by atoms with E-state index in [1.807, 2.05) is 20.2 Å². The summed E-state index contributed by atoms with van der Waals surface area (Å²) >= 11 is 0. The van der Waals surface area contributed by atoms with Crippen LogP contribution in [0.5, 0.6) is 0 Å². The molecule has 0 unspecified atom stereocenters. The summed E-state index contributed by atoms with van der Waals surface area (Å²) in [6.07, 6.45) is 0. The van der Waals surface area contributed by atoms with Crippen molar-refractivity contribution >= 4 is 5.69 Å². The Labute approximate surface area is 99.7 Å². The van der Waals surface area contributed by atoms with Crippen LogP contribution in [-0.2, 0) is 5.41 Å². The van der Waals surface area contributed by atoms with E-state index < -0.39 is 0 Å². The Bertz CT molecular complexity index is 287. The quantitative estimate of drug-likeness (QED) is 0.432. The SMILES string of the molecule is CN(C)c1[c-]ccc(C(C)(C)C)c1.[Li+]. The molecule has 0 heterocycles. The van der Waals surface area contributed by atoms with Crippen LogP contribution in [0.3, 0.4) is 0 Å². The number of rotatable bonds is 1.